The Morgan fingerprint density at radius 1 is 1.08 bits per heavy atom. The second-order valence-corrected chi connectivity index (χ2v) is 6.82. The van der Waals surface area contributed by atoms with E-state index in [0.717, 1.165) is 21.2 Å². The smallest absolute Gasteiger partial charge is 0.426 e. The fourth-order valence-corrected chi connectivity index (χ4v) is 2.53. The molecule has 2 amide bonds. The number of carbonyl (C=O) groups excluding carboxylic acids is 2. The molecule has 6 nitrogen and oxygen atoms in total. The third-order valence-corrected chi connectivity index (χ3v) is 4.52. The van der Waals surface area contributed by atoms with Crippen LogP contribution in [-0.4, -0.2) is 18.6 Å². The van der Waals surface area contributed by atoms with Crippen molar-refractivity contribution in [2.75, 3.05) is 6.61 Å². The number of rotatable bonds is 5. The predicted octanol–water partition coefficient (Wildman–Crippen LogP) is 4.06. The lowest BCUT2D eigenvalue weighted by atomic mass is 10.1. The molecule has 2 N–H and O–H groups in total. The standard InChI is InChI=1S/C18H18BrClN2O4/c1-11-7-13(3-5-15(11)19)9-26-18(24)22-21-17(23)10-25-16-6-4-14(20)8-12(16)2/h3-8H,9-10H2,1-2H3,(H,21,23)(H,22,24). The van der Waals surface area contributed by atoms with Crippen LogP contribution < -0.4 is 15.6 Å². The highest BCUT2D eigenvalue weighted by Crippen LogP contribution is 2.21. The molecule has 0 bridgehead atoms. The van der Waals surface area contributed by atoms with Gasteiger partial charge in [-0.15, -0.1) is 0 Å². The monoisotopic (exact) mass is 440 g/mol. The molecule has 26 heavy (non-hydrogen) atoms. The van der Waals surface area contributed by atoms with Gasteiger partial charge in [0, 0.05) is 9.50 Å². The topological polar surface area (TPSA) is 76.7 Å². The van der Waals surface area contributed by atoms with Crippen LogP contribution in [0.3, 0.4) is 0 Å². The van der Waals surface area contributed by atoms with Gasteiger partial charge in [0.1, 0.15) is 12.4 Å². The highest BCUT2D eigenvalue weighted by atomic mass is 79.9. The zero-order valence-electron chi connectivity index (χ0n) is 14.3. The van der Waals surface area contributed by atoms with E-state index in [1.807, 2.05) is 32.0 Å². The highest BCUT2D eigenvalue weighted by molar-refractivity contribution is 9.10. The maximum absolute atomic E-state index is 11.7. The van der Waals surface area contributed by atoms with Crippen LogP contribution in [0.25, 0.3) is 0 Å². The molecule has 0 aliphatic carbocycles. The van der Waals surface area contributed by atoms with Crippen LogP contribution in [0, 0.1) is 13.8 Å². The number of aryl methyl sites for hydroxylation is 2. The molecule has 0 aliphatic rings. The number of hydrogen-bond donors (Lipinski definition) is 2. The molecule has 0 atom stereocenters. The van der Waals surface area contributed by atoms with Gasteiger partial charge in [-0.1, -0.05) is 39.7 Å². The second-order valence-electron chi connectivity index (χ2n) is 5.53. The Morgan fingerprint density at radius 2 is 1.85 bits per heavy atom. The molecule has 8 heteroatoms. The molecule has 138 valence electrons. The summed E-state index contributed by atoms with van der Waals surface area (Å²) in [5.74, 6) is 0.0218. The highest BCUT2D eigenvalue weighted by Gasteiger charge is 2.08. The lowest BCUT2D eigenvalue weighted by Crippen LogP contribution is -2.44. The minimum atomic E-state index is -0.762. The Morgan fingerprint density at radius 3 is 2.54 bits per heavy atom. The summed E-state index contributed by atoms with van der Waals surface area (Å²) in [4.78, 5) is 23.3. The van der Waals surface area contributed by atoms with E-state index < -0.39 is 12.0 Å². The van der Waals surface area contributed by atoms with E-state index in [0.29, 0.717) is 10.8 Å². The normalized spacial score (nSPS) is 10.2. The van der Waals surface area contributed by atoms with E-state index >= 15 is 0 Å². The van der Waals surface area contributed by atoms with Gasteiger partial charge in [-0.25, -0.2) is 10.2 Å². The largest absolute Gasteiger partial charge is 0.483 e. The van der Waals surface area contributed by atoms with Crippen molar-refractivity contribution in [3.05, 3.63) is 62.6 Å². The first-order valence-corrected chi connectivity index (χ1v) is 8.88. The van der Waals surface area contributed by atoms with Gasteiger partial charge in [0.15, 0.2) is 6.61 Å². The summed E-state index contributed by atoms with van der Waals surface area (Å²) in [7, 11) is 0. The minimum Gasteiger partial charge on any atom is -0.483 e. The Kier molecular flexibility index (Phi) is 7.29. The SMILES string of the molecule is Cc1cc(COC(=O)NNC(=O)COc2ccc(Cl)cc2C)ccc1Br. The lowest BCUT2D eigenvalue weighted by molar-refractivity contribution is -0.124. The molecule has 0 saturated heterocycles. The number of amides is 2. The first kappa shape index (κ1) is 20.1. The van der Waals surface area contributed by atoms with E-state index in [4.69, 9.17) is 21.1 Å². The molecule has 0 spiro atoms. The molecular formula is C18H18BrClN2O4. The fourth-order valence-electron chi connectivity index (χ4n) is 2.06. The molecule has 0 radical (unpaired) electrons. The van der Waals surface area contributed by atoms with E-state index in [9.17, 15) is 9.59 Å². The van der Waals surface area contributed by atoms with E-state index in [1.54, 1.807) is 18.2 Å². The van der Waals surface area contributed by atoms with Gasteiger partial charge in [-0.2, -0.15) is 0 Å². The average Bonchev–Trinajstić information content (AvgIpc) is 2.60. The number of ether oxygens (including phenoxy) is 2. The summed E-state index contributed by atoms with van der Waals surface area (Å²) in [6, 6.07) is 10.7. The zero-order chi connectivity index (χ0) is 19.1. The maximum Gasteiger partial charge on any atom is 0.426 e. The molecular weight excluding hydrogens is 424 g/mol. The molecule has 0 aromatic heterocycles. The zero-order valence-corrected chi connectivity index (χ0v) is 16.6. The van der Waals surface area contributed by atoms with Crippen LogP contribution in [0.2, 0.25) is 5.02 Å². The third-order valence-electron chi connectivity index (χ3n) is 3.39. The van der Waals surface area contributed by atoms with Crippen LogP contribution in [0.5, 0.6) is 5.75 Å². The Bertz CT molecular complexity index is 814. The van der Waals surface area contributed by atoms with Gasteiger partial charge in [-0.3, -0.25) is 10.2 Å². The number of nitrogens with one attached hydrogen (secondary N) is 2. The molecule has 0 aliphatic heterocycles. The summed E-state index contributed by atoms with van der Waals surface area (Å²) in [5, 5.41) is 0.588. The molecule has 0 heterocycles. The molecule has 0 fully saturated rings. The quantitative estimate of drug-likeness (QED) is 0.686. The van der Waals surface area contributed by atoms with Crippen molar-refractivity contribution in [1.29, 1.82) is 0 Å². The Labute approximate surface area is 164 Å². The van der Waals surface area contributed by atoms with Crippen LogP contribution in [0.15, 0.2) is 40.9 Å². The summed E-state index contributed by atoms with van der Waals surface area (Å²) in [6.45, 7) is 3.60. The van der Waals surface area contributed by atoms with E-state index in [2.05, 4.69) is 26.8 Å². The summed E-state index contributed by atoms with van der Waals surface area (Å²) in [5.41, 5.74) is 7.07. The third kappa shape index (κ3) is 6.24. The number of benzene rings is 2. The number of hydrazine groups is 1. The van der Waals surface area contributed by atoms with Gasteiger partial charge in [0.25, 0.3) is 5.91 Å². The van der Waals surface area contributed by atoms with Gasteiger partial charge >= 0.3 is 6.09 Å². The van der Waals surface area contributed by atoms with Gasteiger partial charge in [0.2, 0.25) is 0 Å². The summed E-state index contributed by atoms with van der Waals surface area (Å²) < 4.78 is 11.4. The van der Waals surface area contributed by atoms with Crippen LogP contribution in [0.4, 0.5) is 4.79 Å². The number of hydrogen-bond acceptors (Lipinski definition) is 4. The first-order valence-electron chi connectivity index (χ1n) is 7.70. The molecule has 2 aromatic carbocycles. The molecule has 0 saturated carbocycles. The number of carbonyl (C=O) groups is 2. The van der Waals surface area contributed by atoms with Gasteiger partial charge in [0.05, 0.1) is 0 Å². The van der Waals surface area contributed by atoms with Crippen molar-refractivity contribution < 1.29 is 19.1 Å². The fraction of sp³-hybridized carbons (Fsp3) is 0.222. The van der Waals surface area contributed by atoms with Gasteiger partial charge < -0.3 is 9.47 Å². The average molecular weight is 442 g/mol. The first-order chi connectivity index (χ1) is 12.3. The summed E-state index contributed by atoms with van der Waals surface area (Å²) >= 11 is 9.26. The van der Waals surface area contributed by atoms with Crippen molar-refractivity contribution in [3.63, 3.8) is 0 Å². The Hall–Kier alpha value is -2.25. The van der Waals surface area contributed by atoms with E-state index in [1.165, 1.54) is 0 Å². The number of halogens is 2. The van der Waals surface area contributed by atoms with Crippen LogP contribution in [-0.2, 0) is 16.1 Å². The molecule has 2 rings (SSSR count). The van der Waals surface area contributed by atoms with Crippen molar-refractivity contribution >= 4 is 39.5 Å². The second kappa shape index (κ2) is 9.45. The minimum absolute atomic E-state index is 0.0935. The van der Waals surface area contributed by atoms with Crippen molar-refractivity contribution in [1.82, 2.24) is 10.9 Å². The molecule has 2 aromatic rings. The van der Waals surface area contributed by atoms with Gasteiger partial charge in [-0.05, 0) is 54.8 Å². The molecule has 0 unspecified atom stereocenters. The predicted molar refractivity (Wildman–Crippen MR) is 102 cm³/mol. The maximum atomic E-state index is 11.7. The van der Waals surface area contributed by atoms with Crippen molar-refractivity contribution in [3.8, 4) is 5.75 Å². The lowest BCUT2D eigenvalue weighted by Gasteiger charge is -2.11. The van der Waals surface area contributed by atoms with Crippen LogP contribution >= 0.6 is 27.5 Å². The van der Waals surface area contributed by atoms with E-state index in [-0.39, 0.29) is 13.2 Å². The Balaban J connectivity index is 1.71. The summed E-state index contributed by atoms with van der Waals surface area (Å²) in [6.07, 6.45) is -0.762. The van der Waals surface area contributed by atoms with Crippen molar-refractivity contribution in [2.45, 2.75) is 20.5 Å². The van der Waals surface area contributed by atoms with Crippen LogP contribution in [0.1, 0.15) is 16.7 Å². The van der Waals surface area contributed by atoms with Crippen molar-refractivity contribution in [2.24, 2.45) is 0 Å².